The number of amides is 1. The van der Waals surface area contributed by atoms with E-state index in [2.05, 4.69) is 12.2 Å². The quantitative estimate of drug-likeness (QED) is 0.371. The van der Waals surface area contributed by atoms with E-state index in [1.165, 1.54) is 37.8 Å². The lowest BCUT2D eigenvalue weighted by Crippen LogP contribution is -2.13. The van der Waals surface area contributed by atoms with Crippen LogP contribution in [-0.4, -0.2) is 16.8 Å². The smallest absolute Gasteiger partial charge is 0.259 e. The highest BCUT2D eigenvalue weighted by molar-refractivity contribution is 6.08. The Morgan fingerprint density at radius 1 is 0.966 bits per heavy atom. The average Bonchev–Trinajstić information content (AvgIpc) is 2.73. The zero-order chi connectivity index (χ0) is 21.1. The van der Waals surface area contributed by atoms with Crippen LogP contribution >= 0.6 is 0 Å². The molecule has 5 nitrogen and oxygen atoms in total. The zero-order valence-corrected chi connectivity index (χ0v) is 16.9. The second-order valence-electron chi connectivity index (χ2n) is 7.17. The minimum Gasteiger partial charge on any atom is -0.507 e. The molecule has 2 aromatic carbocycles. The van der Waals surface area contributed by atoms with E-state index < -0.39 is 5.91 Å². The van der Waals surface area contributed by atoms with Gasteiger partial charge in [-0.2, -0.15) is 5.26 Å². The highest BCUT2D eigenvalue weighted by atomic mass is 16.3. The van der Waals surface area contributed by atoms with E-state index in [1.807, 2.05) is 6.07 Å². The summed E-state index contributed by atoms with van der Waals surface area (Å²) >= 11 is 0. The van der Waals surface area contributed by atoms with Gasteiger partial charge in [0.25, 0.3) is 5.91 Å². The molecule has 152 valence electrons. The summed E-state index contributed by atoms with van der Waals surface area (Å²) in [5, 5.41) is 21.6. The number of carbonyl (C=O) groups excluding carboxylic acids is 2. The summed E-state index contributed by atoms with van der Waals surface area (Å²) < 4.78 is 0. The van der Waals surface area contributed by atoms with Crippen molar-refractivity contribution >= 4 is 17.4 Å². The second-order valence-corrected chi connectivity index (χ2v) is 7.17. The van der Waals surface area contributed by atoms with E-state index in [0.29, 0.717) is 23.2 Å². The summed E-state index contributed by atoms with van der Waals surface area (Å²) in [4.78, 5) is 25.0. The van der Waals surface area contributed by atoms with Crippen LogP contribution in [0.15, 0.2) is 42.5 Å². The van der Waals surface area contributed by atoms with Gasteiger partial charge in [0.2, 0.25) is 0 Å². The van der Waals surface area contributed by atoms with E-state index in [-0.39, 0.29) is 17.1 Å². The number of hydrogen-bond donors (Lipinski definition) is 2. The number of benzene rings is 2. The standard InChI is InChI=1S/C24H28N2O3/c1-2-3-4-5-6-7-8-9-22(27)19-12-15-23(28)21(16-19)24(29)26-20-13-10-18(17-25)11-14-20/h10-16,28H,2-9H2,1H3,(H,26,29). The monoisotopic (exact) mass is 392 g/mol. The van der Waals surface area contributed by atoms with Crippen LogP contribution in [0.5, 0.6) is 5.75 Å². The van der Waals surface area contributed by atoms with E-state index in [4.69, 9.17) is 5.26 Å². The highest BCUT2D eigenvalue weighted by Gasteiger charge is 2.15. The maximum absolute atomic E-state index is 12.5. The van der Waals surface area contributed by atoms with Crippen LogP contribution in [0.2, 0.25) is 0 Å². The Labute approximate surface area is 172 Å². The fraction of sp³-hybridized carbons (Fsp3) is 0.375. The summed E-state index contributed by atoms with van der Waals surface area (Å²) in [6, 6.07) is 12.8. The van der Waals surface area contributed by atoms with Crippen LogP contribution in [0.4, 0.5) is 5.69 Å². The molecule has 2 N–H and O–H groups in total. The zero-order valence-electron chi connectivity index (χ0n) is 16.9. The Morgan fingerprint density at radius 3 is 2.28 bits per heavy atom. The van der Waals surface area contributed by atoms with Gasteiger partial charge in [0, 0.05) is 17.7 Å². The number of ketones is 1. The average molecular weight is 392 g/mol. The Hall–Kier alpha value is -3.13. The first kappa shape index (κ1) is 22.2. The van der Waals surface area contributed by atoms with E-state index in [1.54, 1.807) is 30.3 Å². The molecule has 0 aromatic heterocycles. The second kappa shape index (κ2) is 11.7. The van der Waals surface area contributed by atoms with Crippen LogP contribution in [0.25, 0.3) is 0 Å². The number of nitrogens with zero attached hydrogens (tertiary/aromatic N) is 1. The Morgan fingerprint density at radius 2 is 1.62 bits per heavy atom. The van der Waals surface area contributed by atoms with Crippen LogP contribution < -0.4 is 5.32 Å². The van der Waals surface area contributed by atoms with Crippen LogP contribution in [0, 0.1) is 11.3 Å². The van der Waals surface area contributed by atoms with Gasteiger partial charge in [0.15, 0.2) is 5.78 Å². The minimum atomic E-state index is -0.502. The van der Waals surface area contributed by atoms with Gasteiger partial charge < -0.3 is 10.4 Å². The van der Waals surface area contributed by atoms with Crippen molar-refractivity contribution in [2.24, 2.45) is 0 Å². The number of Topliss-reactive ketones (excluding diaryl/α,β-unsaturated/α-hetero) is 1. The molecule has 0 unspecified atom stereocenters. The molecule has 29 heavy (non-hydrogen) atoms. The molecule has 0 saturated carbocycles. The summed E-state index contributed by atoms with van der Waals surface area (Å²) in [5.41, 5.74) is 1.48. The maximum atomic E-state index is 12.5. The molecule has 0 aliphatic rings. The SMILES string of the molecule is CCCCCCCCCC(=O)c1ccc(O)c(C(=O)Nc2ccc(C#N)cc2)c1. The first-order valence-electron chi connectivity index (χ1n) is 10.2. The minimum absolute atomic E-state index is 0.0222. The van der Waals surface area contributed by atoms with Gasteiger partial charge in [-0.3, -0.25) is 9.59 Å². The van der Waals surface area contributed by atoms with Crippen molar-refractivity contribution in [3.8, 4) is 11.8 Å². The number of unbranched alkanes of at least 4 members (excludes halogenated alkanes) is 6. The summed E-state index contributed by atoms with van der Waals surface area (Å²) in [6.07, 6.45) is 8.38. The molecule has 0 aliphatic heterocycles. The maximum Gasteiger partial charge on any atom is 0.259 e. The van der Waals surface area contributed by atoms with Crippen molar-refractivity contribution in [3.05, 3.63) is 59.2 Å². The third-order valence-corrected chi connectivity index (χ3v) is 4.84. The molecule has 0 saturated heterocycles. The van der Waals surface area contributed by atoms with Gasteiger partial charge in [-0.1, -0.05) is 45.4 Å². The molecular formula is C24H28N2O3. The van der Waals surface area contributed by atoms with Crippen LogP contribution in [-0.2, 0) is 0 Å². The Balaban J connectivity index is 1.93. The first-order chi connectivity index (χ1) is 14.0. The van der Waals surface area contributed by atoms with Crippen molar-refractivity contribution in [2.75, 3.05) is 5.32 Å². The first-order valence-corrected chi connectivity index (χ1v) is 10.2. The third kappa shape index (κ3) is 7.08. The van der Waals surface area contributed by atoms with Crippen molar-refractivity contribution in [2.45, 2.75) is 58.3 Å². The van der Waals surface area contributed by atoms with Crippen molar-refractivity contribution in [3.63, 3.8) is 0 Å². The van der Waals surface area contributed by atoms with Gasteiger partial charge in [-0.15, -0.1) is 0 Å². The van der Waals surface area contributed by atoms with Gasteiger partial charge in [0.05, 0.1) is 17.2 Å². The number of nitrogens with one attached hydrogen (secondary N) is 1. The summed E-state index contributed by atoms with van der Waals surface area (Å²) in [7, 11) is 0. The predicted molar refractivity (Wildman–Crippen MR) is 114 cm³/mol. The fourth-order valence-corrected chi connectivity index (χ4v) is 3.10. The topological polar surface area (TPSA) is 90.2 Å². The molecule has 2 rings (SSSR count). The van der Waals surface area contributed by atoms with Gasteiger partial charge in [-0.05, 0) is 48.9 Å². The van der Waals surface area contributed by atoms with Gasteiger partial charge in [-0.25, -0.2) is 0 Å². The number of phenolic OH excluding ortho intramolecular Hbond substituents is 1. The highest BCUT2D eigenvalue weighted by Crippen LogP contribution is 2.22. The van der Waals surface area contributed by atoms with Gasteiger partial charge in [0.1, 0.15) is 5.75 Å². The predicted octanol–water partition coefficient (Wildman–Crippen LogP) is 5.84. The molecule has 0 spiro atoms. The van der Waals surface area contributed by atoms with Crippen LogP contribution in [0.3, 0.4) is 0 Å². The van der Waals surface area contributed by atoms with E-state index in [0.717, 1.165) is 19.3 Å². The lowest BCUT2D eigenvalue weighted by Gasteiger charge is -2.09. The molecule has 2 aromatic rings. The number of nitriles is 1. The molecule has 0 bridgehead atoms. The van der Waals surface area contributed by atoms with Crippen molar-refractivity contribution < 1.29 is 14.7 Å². The summed E-state index contributed by atoms with van der Waals surface area (Å²) in [6.45, 7) is 2.19. The third-order valence-electron chi connectivity index (χ3n) is 4.84. The molecular weight excluding hydrogens is 364 g/mol. The molecule has 0 atom stereocenters. The fourth-order valence-electron chi connectivity index (χ4n) is 3.10. The number of aromatic hydroxyl groups is 1. The van der Waals surface area contributed by atoms with Gasteiger partial charge >= 0.3 is 0 Å². The van der Waals surface area contributed by atoms with Crippen LogP contribution in [0.1, 0.15) is 84.6 Å². The summed E-state index contributed by atoms with van der Waals surface area (Å²) in [5.74, 6) is -0.701. The molecule has 1 amide bonds. The number of rotatable bonds is 11. The number of anilines is 1. The molecule has 0 fully saturated rings. The molecule has 0 heterocycles. The Bertz CT molecular complexity index is 867. The van der Waals surface area contributed by atoms with E-state index in [9.17, 15) is 14.7 Å². The normalized spacial score (nSPS) is 10.3. The largest absolute Gasteiger partial charge is 0.507 e. The number of hydrogen-bond acceptors (Lipinski definition) is 4. The van der Waals surface area contributed by atoms with Crippen molar-refractivity contribution in [1.29, 1.82) is 5.26 Å². The molecule has 5 heteroatoms. The lowest BCUT2D eigenvalue weighted by atomic mass is 10.0. The number of phenols is 1. The molecule has 0 radical (unpaired) electrons. The molecule has 0 aliphatic carbocycles. The van der Waals surface area contributed by atoms with Crippen molar-refractivity contribution in [1.82, 2.24) is 0 Å². The number of carbonyl (C=O) groups is 2. The lowest BCUT2D eigenvalue weighted by molar-refractivity contribution is 0.0979. The Kier molecular flexibility index (Phi) is 8.91. The van der Waals surface area contributed by atoms with E-state index >= 15 is 0 Å².